The fourth-order valence-electron chi connectivity index (χ4n) is 1.62. The molecule has 5 nitrogen and oxygen atoms in total. The molecule has 0 fully saturated rings. The highest BCUT2D eigenvalue weighted by Gasteiger charge is 2.40. The number of benzene rings is 1. The number of aliphatic carboxylic acids is 1. The molecule has 1 aromatic rings. The van der Waals surface area contributed by atoms with Gasteiger partial charge >= 0.3 is 12.1 Å². The molecule has 0 heterocycles. The zero-order chi connectivity index (χ0) is 16.4. The van der Waals surface area contributed by atoms with E-state index in [0.717, 1.165) is 6.07 Å². The first-order chi connectivity index (χ1) is 9.45. The van der Waals surface area contributed by atoms with Crippen molar-refractivity contribution in [1.82, 2.24) is 5.32 Å². The van der Waals surface area contributed by atoms with Crippen molar-refractivity contribution in [2.45, 2.75) is 38.8 Å². The van der Waals surface area contributed by atoms with Crippen LogP contribution in [-0.4, -0.2) is 22.8 Å². The fraction of sp³-hybridized carbons (Fsp3) is 0.429. The number of ether oxygens (including phenoxy) is 1. The SMILES string of the molecule is CC(C)(C)OC(=O)N[C@@](C)(C(=O)O)c1cc(Br)ccc1F. The molecule has 0 aliphatic heterocycles. The van der Waals surface area contributed by atoms with E-state index in [2.05, 4.69) is 21.2 Å². The van der Waals surface area contributed by atoms with Crippen molar-refractivity contribution in [3.63, 3.8) is 0 Å². The van der Waals surface area contributed by atoms with Crippen LogP contribution in [0.5, 0.6) is 0 Å². The number of amides is 1. The summed E-state index contributed by atoms with van der Waals surface area (Å²) in [6.07, 6.45) is -0.938. The molecule has 0 bridgehead atoms. The number of rotatable bonds is 3. The third kappa shape index (κ3) is 4.42. The van der Waals surface area contributed by atoms with E-state index in [4.69, 9.17) is 4.74 Å². The minimum absolute atomic E-state index is 0.171. The number of carboxylic acid groups (broad SMARTS) is 1. The average Bonchev–Trinajstić information content (AvgIpc) is 2.29. The van der Waals surface area contributed by atoms with Crippen molar-refractivity contribution in [2.75, 3.05) is 0 Å². The minimum Gasteiger partial charge on any atom is -0.479 e. The van der Waals surface area contributed by atoms with Crippen LogP contribution < -0.4 is 5.32 Å². The van der Waals surface area contributed by atoms with Crippen LogP contribution in [0, 0.1) is 5.82 Å². The summed E-state index contributed by atoms with van der Waals surface area (Å²) in [5.41, 5.74) is -2.91. The first-order valence-corrected chi connectivity index (χ1v) is 6.95. The standard InChI is InChI=1S/C14H17BrFNO4/c1-13(2,3)21-12(20)17-14(4,11(18)19)9-7-8(15)5-6-10(9)16/h5-7H,1-4H3,(H,17,20)(H,18,19)/t14-/m1/s1. The molecule has 0 aliphatic carbocycles. The topological polar surface area (TPSA) is 75.6 Å². The summed E-state index contributed by atoms with van der Waals surface area (Å²) in [6.45, 7) is 6.13. The third-order valence-electron chi connectivity index (χ3n) is 2.65. The Morgan fingerprint density at radius 3 is 2.33 bits per heavy atom. The number of carboxylic acids is 1. The molecule has 21 heavy (non-hydrogen) atoms. The van der Waals surface area contributed by atoms with Gasteiger partial charge in [-0.2, -0.15) is 0 Å². The number of alkyl carbamates (subject to hydrolysis) is 1. The van der Waals surface area contributed by atoms with Crippen LogP contribution in [0.15, 0.2) is 22.7 Å². The smallest absolute Gasteiger partial charge is 0.408 e. The van der Waals surface area contributed by atoms with Gasteiger partial charge in [0.05, 0.1) is 0 Å². The lowest BCUT2D eigenvalue weighted by atomic mass is 9.92. The molecule has 1 rings (SSSR count). The lowest BCUT2D eigenvalue weighted by Crippen LogP contribution is -2.51. The van der Waals surface area contributed by atoms with Crippen LogP contribution in [-0.2, 0) is 15.1 Å². The molecule has 0 saturated carbocycles. The third-order valence-corrected chi connectivity index (χ3v) is 3.14. The molecular formula is C14H17BrFNO4. The summed E-state index contributed by atoms with van der Waals surface area (Å²) in [6, 6.07) is 3.87. The lowest BCUT2D eigenvalue weighted by molar-refractivity contribution is -0.144. The summed E-state index contributed by atoms with van der Waals surface area (Å²) < 4.78 is 19.5. The Balaban J connectivity index is 3.18. The molecule has 0 saturated heterocycles. The van der Waals surface area contributed by atoms with E-state index in [1.54, 1.807) is 20.8 Å². The van der Waals surface area contributed by atoms with Crippen LogP contribution in [0.1, 0.15) is 33.3 Å². The van der Waals surface area contributed by atoms with Gasteiger partial charge in [0.15, 0.2) is 5.54 Å². The summed E-state index contributed by atoms with van der Waals surface area (Å²) in [5, 5.41) is 11.6. The van der Waals surface area contributed by atoms with Gasteiger partial charge in [-0.1, -0.05) is 15.9 Å². The lowest BCUT2D eigenvalue weighted by Gasteiger charge is -2.29. The molecule has 1 aromatic carbocycles. The average molecular weight is 362 g/mol. The summed E-state index contributed by atoms with van der Waals surface area (Å²) in [4.78, 5) is 23.4. The molecular weight excluding hydrogens is 345 g/mol. The Bertz CT molecular complexity index is 571. The number of hydrogen-bond acceptors (Lipinski definition) is 3. The quantitative estimate of drug-likeness (QED) is 0.864. The maximum Gasteiger partial charge on any atom is 0.408 e. The maximum absolute atomic E-state index is 13.9. The number of nitrogens with one attached hydrogen (secondary N) is 1. The Morgan fingerprint density at radius 2 is 1.86 bits per heavy atom. The summed E-state index contributed by atoms with van der Waals surface area (Å²) in [5.74, 6) is -2.13. The monoisotopic (exact) mass is 361 g/mol. The number of hydrogen-bond donors (Lipinski definition) is 2. The first-order valence-electron chi connectivity index (χ1n) is 6.16. The van der Waals surface area contributed by atoms with Crippen LogP contribution in [0.4, 0.5) is 9.18 Å². The molecule has 0 radical (unpaired) electrons. The van der Waals surface area contributed by atoms with Crippen molar-refractivity contribution >= 4 is 28.0 Å². The molecule has 0 aromatic heterocycles. The van der Waals surface area contributed by atoms with Gasteiger partial charge in [-0.3, -0.25) is 0 Å². The zero-order valence-corrected chi connectivity index (χ0v) is 13.7. The highest BCUT2D eigenvalue weighted by molar-refractivity contribution is 9.10. The number of carbonyl (C=O) groups is 2. The van der Waals surface area contributed by atoms with Crippen LogP contribution in [0.25, 0.3) is 0 Å². The molecule has 2 N–H and O–H groups in total. The maximum atomic E-state index is 13.9. The van der Waals surface area contributed by atoms with Gasteiger partial charge in [0.1, 0.15) is 11.4 Å². The van der Waals surface area contributed by atoms with Gasteiger partial charge in [0.2, 0.25) is 0 Å². The van der Waals surface area contributed by atoms with Gasteiger partial charge in [0.25, 0.3) is 0 Å². The Kier molecular flexibility index (Phi) is 4.99. The second-order valence-electron chi connectivity index (χ2n) is 5.68. The Labute approximate surface area is 130 Å². The zero-order valence-electron chi connectivity index (χ0n) is 12.2. The Morgan fingerprint density at radius 1 is 1.29 bits per heavy atom. The van der Waals surface area contributed by atoms with Gasteiger partial charge in [0, 0.05) is 10.0 Å². The molecule has 1 atom stereocenters. The largest absolute Gasteiger partial charge is 0.479 e. The van der Waals surface area contributed by atoms with Crippen LogP contribution >= 0.6 is 15.9 Å². The van der Waals surface area contributed by atoms with Gasteiger partial charge < -0.3 is 15.2 Å². The van der Waals surface area contributed by atoms with Crippen LogP contribution in [0.3, 0.4) is 0 Å². The normalized spacial score (nSPS) is 14.2. The first kappa shape index (κ1) is 17.4. The fourth-order valence-corrected chi connectivity index (χ4v) is 1.99. The molecule has 1 amide bonds. The van der Waals surface area contributed by atoms with Crippen molar-refractivity contribution in [2.24, 2.45) is 0 Å². The van der Waals surface area contributed by atoms with Crippen molar-refractivity contribution in [3.05, 3.63) is 34.1 Å². The number of carbonyl (C=O) groups excluding carboxylic acids is 1. The van der Waals surface area contributed by atoms with Gasteiger partial charge in [-0.05, 0) is 45.9 Å². The molecule has 0 aliphatic rings. The van der Waals surface area contributed by atoms with Crippen molar-refractivity contribution in [3.8, 4) is 0 Å². The van der Waals surface area contributed by atoms with Crippen LogP contribution in [0.2, 0.25) is 0 Å². The van der Waals surface area contributed by atoms with Crippen molar-refractivity contribution in [1.29, 1.82) is 0 Å². The Hall–Kier alpha value is -1.63. The summed E-state index contributed by atoms with van der Waals surface area (Å²) >= 11 is 3.15. The van der Waals surface area contributed by atoms with Gasteiger partial charge in [-0.25, -0.2) is 14.0 Å². The van der Waals surface area contributed by atoms with E-state index in [9.17, 15) is 19.1 Å². The summed E-state index contributed by atoms with van der Waals surface area (Å²) in [7, 11) is 0. The highest BCUT2D eigenvalue weighted by Crippen LogP contribution is 2.27. The second-order valence-corrected chi connectivity index (χ2v) is 6.60. The molecule has 7 heteroatoms. The predicted octanol–water partition coefficient (Wildman–Crippen LogP) is 3.41. The highest BCUT2D eigenvalue weighted by atomic mass is 79.9. The van der Waals surface area contributed by atoms with E-state index in [-0.39, 0.29) is 5.56 Å². The molecule has 116 valence electrons. The van der Waals surface area contributed by atoms with E-state index >= 15 is 0 Å². The van der Waals surface area contributed by atoms with Crippen molar-refractivity contribution < 1.29 is 23.8 Å². The van der Waals surface area contributed by atoms with E-state index in [0.29, 0.717) is 4.47 Å². The second kappa shape index (κ2) is 6.01. The molecule has 0 unspecified atom stereocenters. The van der Waals surface area contributed by atoms with E-state index in [1.807, 2.05) is 0 Å². The van der Waals surface area contributed by atoms with Gasteiger partial charge in [-0.15, -0.1) is 0 Å². The molecule has 0 spiro atoms. The van der Waals surface area contributed by atoms with E-state index in [1.165, 1.54) is 19.1 Å². The minimum atomic E-state index is -1.95. The van der Waals surface area contributed by atoms with E-state index < -0.39 is 29.0 Å². The predicted molar refractivity (Wildman–Crippen MR) is 78.5 cm³/mol. The number of halogens is 2.